The molecule has 0 aliphatic heterocycles. The Kier molecular flexibility index (Phi) is 8.25. The van der Waals surface area contributed by atoms with Gasteiger partial charge in [-0.15, -0.1) is 24.0 Å². The molecule has 0 saturated heterocycles. The number of rotatable bonds is 5. The van der Waals surface area contributed by atoms with E-state index in [1.807, 2.05) is 55.1 Å². The van der Waals surface area contributed by atoms with Crippen LogP contribution in [-0.2, 0) is 13.1 Å². The lowest BCUT2D eigenvalue weighted by Gasteiger charge is -2.22. The molecule has 0 radical (unpaired) electrons. The molecule has 1 N–H and O–H groups in total. The van der Waals surface area contributed by atoms with E-state index in [4.69, 9.17) is 11.6 Å². The predicted molar refractivity (Wildman–Crippen MR) is 125 cm³/mol. The van der Waals surface area contributed by atoms with Gasteiger partial charge in [0.25, 0.3) is 0 Å². The number of halogens is 2. The minimum Gasteiger partial charge on any atom is -0.352 e. The van der Waals surface area contributed by atoms with Gasteiger partial charge in [0.1, 0.15) is 11.6 Å². The van der Waals surface area contributed by atoms with Crippen molar-refractivity contribution in [1.29, 1.82) is 0 Å². The minimum atomic E-state index is 0. The average molecular weight is 511 g/mol. The lowest BCUT2D eigenvalue weighted by atomic mass is 10.2. The summed E-state index contributed by atoms with van der Waals surface area (Å²) in [4.78, 5) is 15.3. The van der Waals surface area contributed by atoms with Crippen LogP contribution in [0.3, 0.4) is 0 Å². The highest BCUT2D eigenvalue weighted by atomic mass is 127. The molecule has 0 atom stereocenters. The van der Waals surface area contributed by atoms with Gasteiger partial charge in [-0.25, -0.2) is 9.97 Å². The summed E-state index contributed by atoms with van der Waals surface area (Å²) in [5, 5.41) is 4.15. The molecule has 3 rings (SSSR count). The Morgan fingerprint density at radius 3 is 2.57 bits per heavy atom. The van der Waals surface area contributed by atoms with Crippen LogP contribution < -0.4 is 5.32 Å². The van der Waals surface area contributed by atoms with Gasteiger partial charge in [-0.05, 0) is 30.7 Å². The van der Waals surface area contributed by atoms with Crippen LogP contribution in [0.2, 0.25) is 5.02 Å². The average Bonchev–Trinajstić information content (AvgIpc) is 3.10. The summed E-state index contributed by atoms with van der Waals surface area (Å²) in [5.74, 6) is 2.58. The van der Waals surface area contributed by atoms with E-state index in [2.05, 4.69) is 31.2 Å². The Morgan fingerprint density at radius 2 is 1.93 bits per heavy atom. The van der Waals surface area contributed by atoms with Crippen molar-refractivity contribution in [3.05, 3.63) is 77.0 Å². The van der Waals surface area contributed by atoms with Crippen LogP contribution >= 0.6 is 35.6 Å². The summed E-state index contributed by atoms with van der Waals surface area (Å²) in [6.45, 7) is 3.31. The number of aryl methyl sites for hydroxylation is 1. The van der Waals surface area contributed by atoms with E-state index in [-0.39, 0.29) is 24.0 Å². The third-order valence-corrected chi connectivity index (χ3v) is 4.52. The van der Waals surface area contributed by atoms with Gasteiger partial charge in [0, 0.05) is 56.4 Å². The van der Waals surface area contributed by atoms with Crippen molar-refractivity contribution in [2.45, 2.75) is 20.0 Å². The number of nitrogens with zero attached hydrogens (tertiary/aromatic N) is 5. The molecule has 1 aromatic carbocycles. The molecule has 0 aliphatic rings. The third kappa shape index (κ3) is 5.45. The van der Waals surface area contributed by atoms with E-state index in [0.717, 1.165) is 34.7 Å². The fraction of sp³-hybridized carbons (Fsp3) is 0.250. The Balaban J connectivity index is 0.00000280. The van der Waals surface area contributed by atoms with Crippen LogP contribution in [0, 0.1) is 6.92 Å². The molecule has 0 bridgehead atoms. The number of benzene rings is 1. The zero-order valence-corrected chi connectivity index (χ0v) is 19.2. The highest BCUT2D eigenvalue weighted by Gasteiger charge is 2.11. The van der Waals surface area contributed by atoms with Crippen molar-refractivity contribution >= 4 is 41.5 Å². The SMILES string of the molecule is CN=C(NCc1cccnc1-n1ccnc1C)N(C)Cc1ccc(Cl)cc1.I. The van der Waals surface area contributed by atoms with Gasteiger partial charge in [0.15, 0.2) is 5.96 Å². The molecular weight excluding hydrogens is 487 g/mol. The molecule has 0 aliphatic carbocycles. The quantitative estimate of drug-likeness (QED) is 0.320. The summed E-state index contributed by atoms with van der Waals surface area (Å²) in [6.07, 6.45) is 5.49. The number of nitrogens with one attached hydrogen (secondary N) is 1. The zero-order chi connectivity index (χ0) is 19.2. The van der Waals surface area contributed by atoms with Gasteiger partial charge >= 0.3 is 0 Å². The molecule has 148 valence electrons. The summed E-state index contributed by atoms with van der Waals surface area (Å²) in [5.41, 5.74) is 2.24. The number of hydrogen-bond acceptors (Lipinski definition) is 3. The smallest absolute Gasteiger partial charge is 0.193 e. The maximum absolute atomic E-state index is 5.96. The fourth-order valence-electron chi connectivity index (χ4n) is 2.88. The molecule has 2 aromatic heterocycles. The normalized spacial score (nSPS) is 11.1. The van der Waals surface area contributed by atoms with Crippen LogP contribution in [0.15, 0.2) is 60.0 Å². The first kappa shape index (κ1) is 22.2. The van der Waals surface area contributed by atoms with E-state index in [1.165, 1.54) is 5.56 Å². The highest BCUT2D eigenvalue weighted by Crippen LogP contribution is 2.14. The number of guanidine groups is 1. The molecule has 0 amide bonds. The second kappa shape index (κ2) is 10.4. The van der Waals surface area contributed by atoms with Gasteiger partial charge < -0.3 is 10.2 Å². The van der Waals surface area contributed by atoms with Crippen LogP contribution in [0.4, 0.5) is 0 Å². The summed E-state index contributed by atoms with van der Waals surface area (Å²) in [6, 6.07) is 11.8. The lowest BCUT2D eigenvalue weighted by molar-refractivity contribution is 0.476. The molecular formula is C20H24ClIN6. The molecule has 0 spiro atoms. The number of aromatic nitrogens is 3. The van der Waals surface area contributed by atoms with Gasteiger partial charge in [0.05, 0.1) is 0 Å². The Bertz CT molecular complexity index is 922. The van der Waals surface area contributed by atoms with Crippen molar-refractivity contribution in [3.8, 4) is 5.82 Å². The van der Waals surface area contributed by atoms with Crippen molar-refractivity contribution in [2.24, 2.45) is 4.99 Å². The number of hydrogen-bond donors (Lipinski definition) is 1. The first-order valence-corrected chi connectivity index (χ1v) is 9.06. The number of imidazole rings is 1. The molecule has 28 heavy (non-hydrogen) atoms. The Morgan fingerprint density at radius 1 is 1.18 bits per heavy atom. The molecule has 6 nitrogen and oxygen atoms in total. The van der Waals surface area contributed by atoms with Gasteiger partial charge in [-0.2, -0.15) is 0 Å². The maximum atomic E-state index is 5.96. The summed E-state index contributed by atoms with van der Waals surface area (Å²) in [7, 11) is 3.79. The maximum Gasteiger partial charge on any atom is 0.193 e. The van der Waals surface area contributed by atoms with E-state index < -0.39 is 0 Å². The molecule has 0 fully saturated rings. The largest absolute Gasteiger partial charge is 0.352 e. The minimum absolute atomic E-state index is 0. The second-order valence-electron chi connectivity index (χ2n) is 6.21. The van der Waals surface area contributed by atoms with Crippen LogP contribution in [0.25, 0.3) is 5.82 Å². The van der Waals surface area contributed by atoms with E-state index in [9.17, 15) is 0 Å². The Hall–Kier alpha value is -2.13. The first-order chi connectivity index (χ1) is 13.1. The molecule has 3 aromatic rings. The third-order valence-electron chi connectivity index (χ3n) is 4.26. The highest BCUT2D eigenvalue weighted by molar-refractivity contribution is 14.0. The topological polar surface area (TPSA) is 58.3 Å². The van der Waals surface area contributed by atoms with E-state index in [0.29, 0.717) is 6.54 Å². The van der Waals surface area contributed by atoms with E-state index >= 15 is 0 Å². The lowest BCUT2D eigenvalue weighted by Crippen LogP contribution is -2.38. The second-order valence-corrected chi connectivity index (χ2v) is 6.65. The number of aliphatic imine (C=N–C) groups is 1. The Labute approximate surface area is 187 Å². The molecule has 2 heterocycles. The van der Waals surface area contributed by atoms with Crippen LogP contribution in [-0.4, -0.2) is 39.5 Å². The molecule has 8 heteroatoms. The van der Waals surface area contributed by atoms with Gasteiger partial charge in [0.2, 0.25) is 0 Å². The van der Waals surface area contributed by atoms with Crippen molar-refractivity contribution in [3.63, 3.8) is 0 Å². The molecule has 0 saturated carbocycles. The van der Waals surface area contributed by atoms with E-state index in [1.54, 1.807) is 19.4 Å². The fourth-order valence-corrected chi connectivity index (χ4v) is 3.01. The number of pyridine rings is 1. The van der Waals surface area contributed by atoms with Crippen molar-refractivity contribution < 1.29 is 0 Å². The first-order valence-electron chi connectivity index (χ1n) is 8.69. The van der Waals surface area contributed by atoms with Gasteiger partial charge in [-0.1, -0.05) is 29.8 Å². The summed E-state index contributed by atoms with van der Waals surface area (Å²) >= 11 is 5.96. The monoisotopic (exact) mass is 510 g/mol. The van der Waals surface area contributed by atoms with Gasteiger partial charge in [-0.3, -0.25) is 9.56 Å². The van der Waals surface area contributed by atoms with Crippen LogP contribution in [0.5, 0.6) is 0 Å². The van der Waals surface area contributed by atoms with Crippen molar-refractivity contribution in [2.75, 3.05) is 14.1 Å². The van der Waals surface area contributed by atoms with Crippen molar-refractivity contribution in [1.82, 2.24) is 24.8 Å². The standard InChI is InChI=1S/C20H23ClN6.HI/c1-15-23-11-12-27(15)19-17(5-4-10-24-19)13-25-20(22-2)26(3)14-16-6-8-18(21)9-7-16;/h4-12H,13-14H2,1-3H3,(H,22,25);1H. The zero-order valence-electron chi connectivity index (χ0n) is 16.1. The molecule has 0 unspecified atom stereocenters. The predicted octanol–water partition coefficient (Wildman–Crippen LogP) is 4.05. The van der Waals surface area contributed by atoms with Crippen LogP contribution in [0.1, 0.15) is 17.0 Å². The summed E-state index contributed by atoms with van der Waals surface area (Å²) < 4.78 is 1.98.